The second kappa shape index (κ2) is 7.83. The summed E-state index contributed by atoms with van der Waals surface area (Å²) < 4.78 is 5.60. The summed E-state index contributed by atoms with van der Waals surface area (Å²) in [5.41, 5.74) is 3.86. The predicted octanol–water partition coefficient (Wildman–Crippen LogP) is 4.67. The van der Waals surface area contributed by atoms with E-state index in [2.05, 4.69) is 59.9 Å². The molecular weight excluding hydrogens is 360 g/mol. The Morgan fingerprint density at radius 3 is 2.41 bits per heavy atom. The third kappa shape index (κ3) is 4.18. The largest absolute Gasteiger partial charge is 0.444 e. The maximum Gasteiger partial charge on any atom is 0.410 e. The van der Waals surface area contributed by atoms with E-state index in [0.29, 0.717) is 6.04 Å². The lowest BCUT2D eigenvalue weighted by Crippen LogP contribution is -2.53. The van der Waals surface area contributed by atoms with Gasteiger partial charge in [-0.1, -0.05) is 54.6 Å². The molecule has 1 N–H and O–H groups in total. The fourth-order valence-corrected chi connectivity index (χ4v) is 4.92. The summed E-state index contributed by atoms with van der Waals surface area (Å²) in [6.45, 7) is 8.13. The molecular formula is C25H32N2O2. The molecule has 1 saturated heterocycles. The molecule has 0 saturated carbocycles. The predicted molar refractivity (Wildman–Crippen MR) is 116 cm³/mol. The van der Waals surface area contributed by atoms with Crippen molar-refractivity contribution in [3.63, 3.8) is 0 Å². The van der Waals surface area contributed by atoms with Crippen molar-refractivity contribution >= 4 is 6.09 Å². The van der Waals surface area contributed by atoms with E-state index in [-0.39, 0.29) is 11.5 Å². The Morgan fingerprint density at radius 2 is 1.72 bits per heavy atom. The SMILES string of the molecule is CC(C)(C)OC(=O)N1CCC2(CC1)c1ccccc1CC2NCc1ccccc1. The van der Waals surface area contributed by atoms with E-state index < -0.39 is 5.60 Å². The molecule has 0 radical (unpaired) electrons. The number of rotatable bonds is 3. The lowest BCUT2D eigenvalue weighted by molar-refractivity contribution is 0.0147. The van der Waals surface area contributed by atoms with Crippen LogP contribution < -0.4 is 5.32 Å². The smallest absolute Gasteiger partial charge is 0.410 e. The number of benzene rings is 2. The first kappa shape index (κ1) is 20.0. The summed E-state index contributed by atoms with van der Waals surface area (Å²) >= 11 is 0. The summed E-state index contributed by atoms with van der Waals surface area (Å²) in [4.78, 5) is 14.4. The van der Waals surface area contributed by atoms with Crippen molar-refractivity contribution < 1.29 is 9.53 Å². The molecule has 1 fully saturated rings. The number of amides is 1. The number of hydrogen-bond donors (Lipinski definition) is 1. The number of fused-ring (bicyclic) bond motifs is 2. The van der Waals surface area contributed by atoms with Gasteiger partial charge in [-0.05, 0) is 56.7 Å². The van der Waals surface area contributed by atoms with Gasteiger partial charge in [0.2, 0.25) is 0 Å². The van der Waals surface area contributed by atoms with Gasteiger partial charge in [-0.15, -0.1) is 0 Å². The van der Waals surface area contributed by atoms with Gasteiger partial charge >= 0.3 is 6.09 Å². The van der Waals surface area contributed by atoms with Crippen LogP contribution in [0, 0.1) is 0 Å². The van der Waals surface area contributed by atoms with Crippen LogP contribution in [0.2, 0.25) is 0 Å². The van der Waals surface area contributed by atoms with Crippen molar-refractivity contribution in [2.45, 2.75) is 63.6 Å². The Hall–Kier alpha value is -2.33. The highest BCUT2D eigenvalue weighted by atomic mass is 16.6. The highest BCUT2D eigenvalue weighted by Gasteiger charge is 2.48. The molecule has 1 aliphatic heterocycles. The molecule has 29 heavy (non-hydrogen) atoms. The third-order valence-electron chi connectivity index (χ3n) is 6.35. The summed E-state index contributed by atoms with van der Waals surface area (Å²) in [5.74, 6) is 0. The second-order valence-corrected chi connectivity index (χ2v) is 9.40. The fourth-order valence-electron chi connectivity index (χ4n) is 4.92. The van der Waals surface area contributed by atoms with E-state index in [4.69, 9.17) is 4.74 Å². The van der Waals surface area contributed by atoms with Crippen LogP contribution in [0.4, 0.5) is 4.79 Å². The molecule has 1 heterocycles. The molecule has 1 amide bonds. The van der Waals surface area contributed by atoms with Crippen molar-refractivity contribution in [1.29, 1.82) is 0 Å². The molecule has 2 aromatic carbocycles. The van der Waals surface area contributed by atoms with Crippen LogP contribution in [0.5, 0.6) is 0 Å². The molecule has 0 aromatic heterocycles. The van der Waals surface area contributed by atoms with E-state index in [1.165, 1.54) is 16.7 Å². The Kier molecular flexibility index (Phi) is 5.39. The van der Waals surface area contributed by atoms with Crippen LogP contribution in [0.1, 0.15) is 50.3 Å². The highest BCUT2D eigenvalue weighted by molar-refractivity contribution is 5.68. The van der Waals surface area contributed by atoms with Crippen LogP contribution in [-0.4, -0.2) is 35.7 Å². The number of carbonyl (C=O) groups excluding carboxylic acids is 1. The van der Waals surface area contributed by atoms with E-state index in [1.807, 2.05) is 25.7 Å². The van der Waals surface area contributed by atoms with Gasteiger partial charge in [0, 0.05) is 31.1 Å². The first-order chi connectivity index (χ1) is 13.9. The number of likely N-dealkylation sites (tertiary alicyclic amines) is 1. The van der Waals surface area contributed by atoms with Crippen molar-refractivity contribution in [3.05, 3.63) is 71.3 Å². The Bertz CT molecular complexity index is 849. The minimum atomic E-state index is -0.452. The average molecular weight is 393 g/mol. The maximum absolute atomic E-state index is 12.5. The fraction of sp³-hybridized carbons (Fsp3) is 0.480. The van der Waals surface area contributed by atoms with Gasteiger partial charge in [0.1, 0.15) is 5.60 Å². The standard InChI is InChI=1S/C25H32N2O2/c1-24(2,3)29-23(28)27-15-13-25(14-16-27)21-12-8-7-11-20(21)17-22(25)26-18-19-9-5-4-6-10-19/h4-12,22,26H,13-18H2,1-3H3. The van der Waals surface area contributed by atoms with Crippen molar-refractivity contribution in [1.82, 2.24) is 10.2 Å². The maximum atomic E-state index is 12.5. The van der Waals surface area contributed by atoms with Crippen LogP contribution in [0.25, 0.3) is 0 Å². The van der Waals surface area contributed by atoms with Crippen LogP contribution in [-0.2, 0) is 23.1 Å². The minimum absolute atomic E-state index is 0.0872. The van der Waals surface area contributed by atoms with Gasteiger partial charge in [-0.25, -0.2) is 4.79 Å². The quantitative estimate of drug-likeness (QED) is 0.825. The molecule has 2 aliphatic rings. The zero-order valence-corrected chi connectivity index (χ0v) is 17.8. The molecule has 154 valence electrons. The molecule has 1 atom stereocenters. The minimum Gasteiger partial charge on any atom is -0.444 e. The number of ether oxygens (including phenoxy) is 1. The van der Waals surface area contributed by atoms with E-state index in [0.717, 1.165) is 38.9 Å². The van der Waals surface area contributed by atoms with Gasteiger partial charge in [0.15, 0.2) is 0 Å². The number of nitrogens with zero attached hydrogens (tertiary/aromatic N) is 1. The number of carbonyl (C=O) groups is 1. The Labute approximate surface area is 174 Å². The van der Waals surface area contributed by atoms with Gasteiger partial charge < -0.3 is 15.0 Å². The van der Waals surface area contributed by atoms with E-state index >= 15 is 0 Å². The van der Waals surface area contributed by atoms with Crippen molar-refractivity contribution in [3.8, 4) is 0 Å². The molecule has 1 aliphatic carbocycles. The summed E-state index contributed by atoms with van der Waals surface area (Å²) in [6.07, 6.45) is 2.80. The van der Waals surface area contributed by atoms with Crippen LogP contribution >= 0.6 is 0 Å². The van der Waals surface area contributed by atoms with Gasteiger partial charge in [-0.2, -0.15) is 0 Å². The van der Waals surface area contributed by atoms with Crippen molar-refractivity contribution in [2.24, 2.45) is 0 Å². The number of hydrogen-bond acceptors (Lipinski definition) is 3. The molecule has 4 nitrogen and oxygen atoms in total. The van der Waals surface area contributed by atoms with E-state index in [9.17, 15) is 4.79 Å². The van der Waals surface area contributed by atoms with Crippen LogP contribution in [0.3, 0.4) is 0 Å². The normalized spacial score (nSPS) is 20.5. The Morgan fingerprint density at radius 1 is 1.07 bits per heavy atom. The molecule has 1 spiro atoms. The monoisotopic (exact) mass is 392 g/mol. The summed E-state index contributed by atoms with van der Waals surface area (Å²) in [6, 6.07) is 19.8. The van der Waals surface area contributed by atoms with Crippen LogP contribution in [0.15, 0.2) is 54.6 Å². The van der Waals surface area contributed by atoms with Gasteiger partial charge in [-0.3, -0.25) is 0 Å². The van der Waals surface area contributed by atoms with Gasteiger partial charge in [0.05, 0.1) is 0 Å². The third-order valence-corrected chi connectivity index (χ3v) is 6.35. The lowest BCUT2D eigenvalue weighted by Gasteiger charge is -2.44. The first-order valence-electron chi connectivity index (χ1n) is 10.7. The summed E-state index contributed by atoms with van der Waals surface area (Å²) in [5, 5.41) is 3.85. The zero-order valence-electron chi connectivity index (χ0n) is 17.8. The van der Waals surface area contributed by atoms with Crippen molar-refractivity contribution in [2.75, 3.05) is 13.1 Å². The highest BCUT2D eigenvalue weighted by Crippen LogP contribution is 2.46. The number of nitrogens with one attached hydrogen (secondary N) is 1. The second-order valence-electron chi connectivity index (χ2n) is 9.40. The lowest BCUT2D eigenvalue weighted by atomic mass is 9.71. The molecule has 4 heteroatoms. The molecule has 0 bridgehead atoms. The number of piperidine rings is 1. The first-order valence-corrected chi connectivity index (χ1v) is 10.7. The topological polar surface area (TPSA) is 41.6 Å². The summed E-state index contributed by atoms with van der Waals surface area (Å²) in [7, 11) is 0. The van der Waals surface area contributed by atoms with E-state index in [1.54, 1.807) is 0 Å². The molecule has 4 rings (SSSR count). The Balaban J connectivity index is 1.50. The zero-order chi connectivity index (χ0) is 20.5. The average Bonchev–Trinajstić information content (AvgIpc) is 3.00. The molecule has 2 aromatic rings. The van der Waals surface area contributed by atoms with Gasteiger partial charge in [0.25, 0.3) is 0 Å². The molecule has 1 unspecified atom stereocenters.